The fraction of sp³-hybridized carbons (Fsp3) is 0.0870. The Morgan fingerprint density at radius 2 is 1.97 bits per heavy atom. The van der Waals surface area contributed by atoms with Crippen molar-refractivity contribution in [3.05, 3.63) is 92.7 Å². The first-order valence-corrected chi connectivity index (χ1v) is 9.80. The van der Waals surface area contributed by atoms with Crippen molar-refractivity contribution in [2.45, 2.75) is 6.61 Å². The third kappa shape index (κ3) is 5.17. The number of benzene rings is 3. The first-order valence-electron chi connectivity index (χ1n) is 8.63. The number of ether oxygens (including phenoxy) is 2. The summed E-state index contributed by atoms with van der Waals surface area (Å²) in [6.07, 6.45) is 1.73. The molecule has 0 atom stereocenters. The van der Waals surface area contributed by atoms with E-state index in [9.17, 15) is 9.65 Å². The summed E-state index contributed by atoms with van der Waals surface area (Å²) in [7, 11) is 1.53. The van der Waals surface area contributed by atoms with Gasteiger partial charge in [0.25, 0.3) is 0 Å². The van der Waals surface area contributed by atoms with Gasteiger partial charge in [-0.1, -0.05) is 41.9 Å². The molecule has 3 aromatic carbocycles. The van der Waals surface area contributed by atoms with Crippen LogP contribution in [0, 0.1) is 17.1 Å². The van der Waals surface area contributed by atoms with Crippen LogP contribution >= 0.6 is 27.5 Å². The van der Waals surface area contributed by atoms with Crippen LogP contribution in [0.15, 0.2) is 65.1 Å². The molecule has 0 aliphatic heterocycles. The third-order valence-corrected chi connectivity index (χ3v) is 5.04. The summed E-state index contributed by atoms with van der Waals surface area (Å²) < 4.78 is 25.3. The van der Waals surface area contributed by atoms with Gasteiger partial charge in [0.05, 0.1) is 23.2 Å². The van der Waals surface area contributed by atoms with Crippen molar-refractivity contribution in [1.82, 2.24) is 0 Å². The predicted octanol–water partition coefficient (Wildman–Crippen LogP) is 6.89. The van der Waals surface area contributed by atoms with E-state index in [1.54, 1.807) is 36.4 Å². The molecule has 3 nitrogen and oxygen atoms in total. The van der Waals surface area contributed by atoms with Crippen molar-refractivity contribution in [3.63, 3.8) is 0 Å². The monoisotopic (exact) mass is 471 g/mol. The summed E-state index contributed by atoms with van der Waals surface area (Å²) in [5.41, 5.74) is 2.52. The molecule has 0 spiro atoms. The predicted molar refractivity (Wildman–Crippen MR) is 116 cm³/mol. The van der Waals surface area contributed by atoms with Crippen LogP contribution in [-0.2, 0) is 6.61 Å². The van der Waals surface area contributed by atoms with E-state index in [-0.39, 0.29) is 12.4 Å². The van der Waals surface area contributed by atoms with Gasteiger partial charge in [0.15, 0.2) is 11.5 Å². The minimum absolute atomic E-state index is 0.185. The first kappa shape index (κ1) is 20.9. The number of allylic oxidation sites excluding steroid dienone is 1. The van der Waals surface area contributed by atoms with Gasteiger partial charge in [-0.05, 0) is 63.5 Å². The van der Waals surface area contributed by atoms with Crippen LogP contribution in [0.2, 0.25) is 5.02 Å². The van der Waals surface area contributed by atoms with E-state index < -0.39 is 0 Å². The fourth-order valence-corrected chi connectivity index (χ4v) is 3.57. The fourth-order valence-electron chi connectivity index (χ4n) is 2.76. The molecule has 0 aliphatic carbocycles. The Kier molecular flexibility index (Phi) is 6.92. The van der Waals surface area contributed by atoms with Crippen LogP contribution in [0.5, 0.6) is 11.5 Å². The van der Waals surface area contributed by atoms with Gasteiger partial charge in [-0.3, -0.25) is 0 Å². The number of rotatable bonds is 6. The molecule has 6 heteroatoms. The highest BCUT2D eigenvalue weighted by Crippen LogP contribution is 2.38. The molecule has 0 unspecified atom stereocenters. The summed E-state index contributed by atoms with van der Waals surface area (Å²) >= 11 is 9.71. The standard InChI is InChI=1S/C23H16BrClFNO2/c1-28-22-12-16(9-17(13-27)19-7-2-3-8-21(19)25)11-20(24)23(22)29-14-15-5-4-6-18(26)10-15/h2-12H,14H2,1H3. The lowest BCUT2D eigenvalue weighted by Gasteiger charge is -2.14. The van der Waals surface area contributed by atoms with Crippen molar-refractivity contribution < 1.29 is 13.9 Å². The van der Waals surface area contributed by atoms with E-state index in [4.69, 9.17) is 21.1 Å². The Morgan fingerprint density at radius 1 is 1.17 bits per heavy atom. The highest BCUT2D eigenvalue weighted by molar-refractivity contribution is 9.10. The summed E-state index contributed by atoms with van der Waals surface area (Å²) in [6, 6.07) is 19.1. The zero-order valence-corrected chi connectivity index (χ0v) is 17.8. The molecule has 3 rings (SSSR count). The molecule has 0 aliphatic rings. The molecule has 0 radical (unpaired) electrons. The van der Waals surface area contributed by atoms with Crippen LogP contribution in [-0.4, -0.2) is 7.11 Å². The second-order valence-electron chi connectivity index (χ2n) is 6.10. The molecule has 0 bridgehead atoms. The van der Waals surface area contributed by atoms with Gasteiger partial charge >= 0.3 is 0 Å². The van der Waals surface area contributed by atoms with Gasteiger partial charge in [0.1, 0.15) is 12.4 Å². The Morgan fingerprint density at radius 3 is 2.66 bits per heavy atom. The molecule has 0 aromatic heterocycles. The number of methoxy groups -OCH3 is 1. The molecular weight excluding hydrogens is 457 g/mol. The lowest BCUT2D eigenvalue weighted by Crippen LogP contribution is -1.99. The van der Waals surface area contributed by atoms with Crippen LogP contribution in [0.3, 0.4) is 0 Å². The van der Waals surface area contributed by atoms with Gasteiger partial charge in [0.2, 0.25) is 0 Å². The number of halogens is 3. The van der Waals surface area contributed by atoms with E-state index in [1.807, 2.05) is 18.2 Å². The van der Waals surface area contributed by atoms with Crippen LogP contribution in [0.1, 0.15) is 16.7 Å². The molecule has 0 amide bonds. The highest BCUT2D eigenvalue weighted by Gasteiger charge is 2.13. The van der Waals surface area contributed by atoms with Crippen LogP contribution < -0.4 is 9.47 Å². The van der Waals surface area contributed by atoms with Gasteiger partial charge in [-0.25, -0.2) is 4.39 Å². The zero-order valence-electron chi connectivity index (χ0n) is 15.5. The Labute approximate surface area is 182 Å². The smallest absolute Gasteiger partial charge is 0.175 e. The molecule has 0 saturated carbocycles. The molecule has 29 heavy (non-hydrogen) atoms. The van der Waals surface area contributed by atoms with Gasteiger partial charge < -0.3 is 9.47 Å². The average Bonchev–Trinajstić information content (AvgIpc) is 2.71. The number of hydrogen-bond acceptors (Lipinski definition) is 3. The Bertz CT molecular complexity index is 1110. The lowest BCUT2D eigenvalue weighted by molar-refractivity contribution is 0.282. The number of nitrogens with zero attached hydrogens (tertiary/aromatic N) is 1. The second kappa shape index (κ2) is 9.60. The summed E-state index contributed by atoms with van der Waals surface area (Å²) in [5.74, 6) is 0.657. The van der Waals surface area contributed by atoms with Crippen LogP contribution in [0.4, 0.5) is 4.39 Å². The second-order valence-corrected chi connectivity index (χ2v) is 7.36. The molecule has 0 fully saturated rings. The van der Waals surface area contributed by atoms with Crippen molar-refractivity contribution in [1.29, 1.82) is 5.26 Å². The molecule has 3 aromatic rings. The van der Waals surface area contributed by atoms with E-state index in [0.717, 1.165) is 5.56 Å². The minimum Gasteiger partial charge on any atom is -0.493 e. The minimum atomic E-state index is -0.318. The van der Waals surface area contributed by atoms with Gasteiger partial charge in [-0.15, -0.1) is 0 Å². The van der Waals surface area contributed by atoms with Crippen molar-refractivity contribution in [3.8, 4) is 17.6 Å². The van der Waals surface area contributed by atoms with Crippen molar-refractivity contribution >= 4 is 39.2 Å². The van der Waals surface area contributed by atoms with Crippen molar-refractivity contribution in [2.24, 2.45) is 0 Å². The van der Waals surface area contributed by atoms with E-state index in [0.29, 0.717) is 37.7 Å². The molecule has 0 saturated heterocycles. The van der Waals surface area contributed by atoms with Gasteiger partial charge in [0, 0.05) is 10.6 Å². The maximum absolute atomic E-state index is 13.4. The number of hydrogen-bond donors (Lipinski definition) is 0. The third-order valence-electron chi connectivity index (χ3n) is 4.12. The number of nitriles is 1. The maximum atomic E-state index is 13.4. The molecule has 146 valence electrons. The molecule has 0 N–H and O–H groups in total. The summed E-state index contributed by atoms with van der Waals surface area (Å²) in [4.78, 5) is 0. The SMILES string of the molecule is COc1cc(C=C(C#N)c2ccccc2Cl)cc(Br)c1OCc1cccc(F)c1. The normalized spacial score (nSPS) is 11.1. The highest BCUT2D eigenvalue weighted by atomic mass is 79.9. The Balaban J connectivity index is 1.92. The average molecular weight is 473 g/mol. The quantitative estimate of drug-likeness (QED) is 0.290. The lowest BCUT2D eigenvalue weighted by atomic mass is 10.0. The largest absolute Gasteiger partial charge is 0.493 e. The van der Waals surface area contributed by atoms with Gasteiger partial charge in [-0.2, -0.15) is 5.26 Å². The maximum Gasteiger partial charge on any atom is 0.175 e. The first-order chi connectivity index (χ1) is 14.0. The van der Waals surface area contributed by atoms with E-state index >= 15 is 0 Å². The van der Waals surface area contributed by atoms with E-state index in [1.165, 1.54) is 19.2 Å². The molecular formula is C23H16BrClFNO2. The summed E-state index contributed by atoms with van der Waals surface area (Å²) in [6.45, 7) is 0.185. The zero-order chi connectivity index (χ0) is 20.8. The topological polar surface area (TPSA) is 42.2 Å². The van der Waals surface area contributed by atoms with Crippen molar-refractivity contribution in [2.75, 3.05) is 7.11 Å². The Hall–Kier alpha value is -2.81. The van der Waals surface area contributed by atoms with E-state index in [2.05, 4.69) is 22.0 Å². The summed E-state index contributed by atoms with van der Waals surface area (Å²) in [5, 5.41) is 10.1. The van der Waals surface area contributed by atoms with Crippen LogP contribution in [0.25, 0.3) is 11.6 Å². The molecule has 0 heterocycles.